The van der Waals surface area contributed by atoms with E-state index in [1.807, 2.05) is 31.2 Å². The van der Waals surface area contributed by atoms with Gasteiger partial charge in [-0.05, 0) is 37.6 Å². The summed E-state index contributed by atoms with van der Waals surface area (Å²) in [6.45, 7) is 3.64. The van der Waals surface area contributed by atoms with Crippen LogP contribution < -0.4 is 10.1 Å². The average Bonchev–Trinajstić information content (AvgIpc) is 3.30. The maximum absolute atomic E-state index is 12.3. The van der Waals surface area contributed by atoms with Crippen LogP contribution in [0.1, 0.15) is 23.0 Å². The van der Waals surface area contributed by atoms with Gasteiger partial charge >= 0.3 is 5.97 Å². The Balaban J connectivity index is 1.63. The molecule has 140 valence electrons. The number of nitrogens with zero attached hydrogens (tertiary/aromatic N) is 1. The molecule has 3 aromatic rings. The molecule has 3 rings (SSSR count). The van der Waals surface area contributed by atoms with Gasteiger partial charge in [-0.2, -0.15) is 0 Å². The number of hydrogen-bond acceptors (Lipinski definition) is 6. The molecule has 0 radical (unpaired) electrons. The van der Waals surface area contributed by atoms with Gasteiger partial charge in [0.25, 0.3) is 5.91 Å². The molecule has 1 unspecified atom stereocenters. The molecule has 0 bridgehead atoms. The highest BCUT2D eigenvalue weighted by atomic mass is 32.1. The second-order valence-electron chi connectivity index (χ2n) is 5.90. The molecule has 1 aromatic carbocycles. The van der Waals surface area contributed by atoms with Crippen molar-refractivity contribution in [1.29, 1.82) is 0 Å². The standard InChI is InChI=1S/C19H19N3O4S/c1-11-5-4-6-14(7-11)26-12(2)17(23)22-19-21-16(10-27-19)13-8-15(20-9-13)18(24)25-3/h4-10,12,20H,1-3H3,(H,21,22,23). The Kier molecular flexibility index (Phi) is 5.56. The highest BCUT2D eigenvalue weighted by molar-refractivity contribution is 7.14. The molecule has 1 atom stereocenters. The highest BCUT2D eigenvalue weighted by Gasteiger charge is 2.17. The zero-order valence-corrected chi connectivity index (χ0v) is 15.9. The third-order valence-corrected chi connectivity index (χ3v) is 4.55. The van der Waals surface area contributed by atoms with Crippen molar-refractivity contribution in [3.05, 3.63) is 53.2 Å². The Morgan fingerprint density at radius 1 is 1.30 bits per heavy atom. The predicted octanol–water partition coefficient (Wildman–Crippen LogP) is 3.64. The van der Waals surface area contributed by atoms with E-state index in [9.17, 15) is 9.59 Å². The van der Waals surface area contributed by atoms with Crippen LogP contribution in [-0.4, -0.2) is 35.1 Å². The fraction of sp³-hybridized carbons (Fsp3) is 0.211. The molecule has 1 amide bonds. The van der Waals surface area contributed by atoms with Gasteiger partial charge in [-0.1, -0.05) is 12.1 Å². The zero-order valence-electron chi connectivity index (χ0n) is 15.1. The minimum atomic E-state index is -0.669. The smallest absolute Gasteiger partial charge is 0.354 e. The Bertz CT molecular complexity index is 963. The van der Waals surface area contributed by atoms with Gasteiger partial charge in [0.15, 0.2) is 11.2 Å². The van der Waals surface area contributed by atoms with Crippen LogP contribution in [0.5, 0.6) is 5.75 Å². The molecular formula is C19H19N3O4S. The molecule has 0 aliphatic carbocycles. The number of aryl methyl sites for hydroxylation is 1. The normalized spacial score (nSPS) is 11.7. The van der Waals surface area contributed by atoms with Crippen LogP contribution in [0, 0.1) is 6.92 Å². The van der Waals surface area contributed by atoms with Crippen molar-refractivity contribution in [3.8, 4) is 17.0 Å². The number of aromatic amines is 1. The summed E-state index contributed by atoms with van der Waals surface area (Å²) in [4.78, 5) is 31.1. The summed E-state index contributed by atoms with van der Waals surface area (Å²) in [5, 5.41) is 5.00. The highest BCUT2D eigenvalue weighted by Crippen LogP contribution is 2.26. The molecule has 2 N–H and O–H groups in total. The monoisotopic (exact) mass is 385 g/mol. The number of H-pyrrole nitrogens is 1. The first-order chi connectivity index (χ1) is 13.0. The number of amides is 1. The summed E-state index contributed by atoms with van der Waals surface area (Å²) in [7, 11) is 1.32. The third-order valence-electron chi connectivity index (χ3n) is 3.79. The van der Waals surface area contributed by atoms with Crippen molar-refractivity contribution in [2.45, 2.75) is 20.0 Å². The number of ether oxygens (including phenoxy) is 2. The van der Waals surface area contributed by atoms with Crippen LogP contribution >= 0.6 is 11.3 Å². The number of carbonyl (C=O) groups excluding carboxylic acids is 2. The van der Waals surface area contributed by atoms with E-state index in [4.69, 9.17) is 4.74 Å². The summed E-state index contributed by atoms with van der Waals surface area (Å²) < 4.78 is 10.3. The molecular weight excluding hydrogens is 366 g/mol. The number of anilines is 1. The number of carbonyl (C=O) groups is 2. The summed E-state index contributed by atoms with van der Waals surface area (Å²) in [5.41, 5.74) is 2.78. The summed E-state index contributed by atoms with van der Waals surface area (Å²) in [6.07, 6.45) is 0.994. The number of rotatable bonds is 6. The lowest BCUT2D eigenvalue weighted by Gasteiger charge is -2.14. The van der Waals surface area contributed by atoms with E-state index in [1.54, 1.807) is 24.6 Å². The largest absolute Gasteiger partial charge is 0.481 e. The van der Waals surface area contributed by atoms with E-state index in [-0.39, 0.29) is 5.91 Å². The fourth-order valence-electron chi connectivity index (χ4n) is 2.39. The third kappa shape index (κ3) is 4.53. The molecule has 8 heteroatoms. The van der Waals surface area contributed by atoms with E-state index in [2.05, 4.69) is 20.0 Å². The molecule has 2 heterocycles. The lowest BCUT2D eigenvalue weighted by molar-refractivity contribution is -0.122. The average molecular weight is 385 g/mol. The first-order valence-electron chi connectivity index (χ1n) is 8.23. The van der Waals surface area contributed by atoms with Gasteiger partial charge in [-0.3, -0.25) is 10.1 Å². The summed E-state index contributed by atoms with van der Waals surface area (Å²) in [6, 6.07) is 9.16. The molecule has 0 saturated carbocycles. The molecule has 0 aliphatic heterocycles. The first-order valence-corrected chi connectivity index (χ1v) is 9.11. The van der Waals surface area contributed by atoms with Gasteiger partial charge < -0.3 is 14.5 Å². The Hall–Kier alpha value is -3.13. The van der Waals surface area contributed by atoms with Gasteiger partial charge in [0, 0.05) is 17.1 Å². The molecule has 0 aliphatic rings. The first kappa shape index (κ1) is 18.7. The number of esters is 1. The lowest BCUT2D eigenvalue weighted by atomic mass is 10.2. The van der Waals surface area contributed by atoms with E-state index < -0.39 is 12.1 Å². The fourth-order valence-corrected chi connectivity index (χ4v) is 3.11. The summed E-state index contributed by atoms with van der Waals surface area (Å²) in [5.74, 6) is -0.103. The van der Waals surface area contributed by atoms with Crippen molar-refractivity contribution in [2.75, 3.05) is 12.4 Å². The maximum Gasteiger partial charge on any atom is 0.354 e. The number of hydrogen-bond donors (Lipinski definition) is 2. The zero-order chi connectivity index (χ0) is 19.4. The van der Waals surface area contributed by atoms with Crippen LogP contribution in [0.25, 0.3) is 11.3 Å². The second-order valence-corrected chi connectivity index (χ2v) is 6.76. The Morgan fingerprint density at radius 3 is 2.85 bits per heavy atom. The van der Waals surface area contributed by atoms with E-state index >= 15 is 0 Å². The van der Waals surface area contributed by atoms with Crippen LogP contribution in [-0.2, 0) is 9.53 Å². The van der Waals surface area contributed by atoms with E-state index in [0.717, 1.165) is 11.1 Å². The van der Waals surface area contributed by atoms with Gasteiger partial charge in [-0.15, -0.1) is 11.3 Å². The molecule has 0 fully saturated rings. The van der Waals surface area contributed by atoms with Crippen molar-refractivity contribution < 1.29 is 19.1 Å². The van der Waals surface area contributed by atoms with Crippen molar-refractivity contribution in [1.82, 2.24) is 9.97 Å². The minimum Gasteiger partial charge on any atom is -0.481 e. The van der Waals surface area contributed by atoms with Gasteiger partial charge in [0.05, 0.1) is 12.8 Å². The van der Waals surface area contributed by atoms with Gasteiger partial charge in [0.2, 0.25) is 0 Å². The van der Waals surface area contributed by atoms with Crippen LogP contribution in [0.4, 0.5) is 5.13 Å². The number of methoxy groups -OCH3 is 1. The Morgan fingerprint density at radius 2 is 2.11 bits per heavy atom. The van der Waals surface area contributed by atoms with Crippen molar-refractivity contribution in [2.24, 2.45) is 0 Å². The number of benzene rings is 1. The van der Waals surface area contributed by atoms with Gasteiger partial charge in [-0.25, -0.2) is 9.78 Å². The number of thiazole rings is 1. The molecule has 2 aromatic heterocycles. The molecule has 0 saturated heterocycles. The van der Waals surface area contributed by atoms with E-state index in [0.29, 0.717) is 22.3 Å². The number of nitrogens with one attached hydrogen (secondary N) is 2. The Labute approximate surface area is 160 Å². The second kappa shape index (κ2) is 8.05. The molecule has 7 nitrogen and oxygen atoms in total. The summed E-state index contributed by atoms with van der Waals surface area (Å²) >= 11 is 1.29. The lowest BCUT2D eigenvalue weighted by Crippen LogP contribution is -2.30. The van der Waals surface area contributed by atoms with Crippen LogP contribution in [0.15, 0.2) is 41.9 Å². The van der Waals surface area contributed by atoms with Crippen molar-refractivity contribution in [3.63, 3.8) is 0 Å². The van der Waals surface area contributed by atoms with Crippen molar-refractivity contribution >= 4 is 28.3 Å². The quantitative estimate of drug-likeness (QED) is 0.632. The van der Waals surface area contributed by atoms with E-state index in [1.165, 1.54) is 18.4 Å². The predicted molar refractivity (Wildman–Crippen MR) is 103 cm³/mol. The number of aromatic nitrogens is 2. The van der Waals surface area contributed by atoms with Crippen LogP contribution in [0.3, 0.4) is 0 Å². The van der Waals surface area contributed by atoms with Gasteiger partial charge in [0.1, 0.15) is 11.4 Å². The topological polar surface area (TPSA) is 93.3 Å². The molecule has 0 spiro atoms. The molecule has 27 heavy (non-hydrogen) atoms. The minimum absolute atomic E-state index is 0.290. The maximum atomic E-state index is 12.3. The SMILES string of the molecule is COC(=O)c1cc(-c2csc(NC(=O)C(C)Oc3cccc(C)c3)n2)c[nH]1. The van der Waals surface area contributed by atoms with Crippen LogP contribution in [0.2, 0.25) is 0 Å².